The molecule has 0 unspecified atom stereocenters. The number of nitrogens with one attached hydrogen (secondary N) is 1. The van der Waals surface area contributed by atoms with Crippen molar-refractivity contribution in [3.8, 4) is 0 Å². The van der Waals surface area contributed by atoms with Crippen LogP contribution in [0.4, 0.5) is 0 Å². The van der Waals surface area contributed by atoms with Gasteiger partial charge in [0.15, 0.2) is 0 Å². The number of aromatic nitrogens is 2. The number of nitrogens with zero attached hydrogens (tertiary/aromatic N) is 2. The monoisotopic (exact) mass is 221 g/mol. The quantitative estimate of drug-likeness (QED) is 0.793. The average molecular weight is 221 g/mol. The standard InChI is InChI=1S/C12H19N3O/c1-3-15-9-11(8-14-15)7-13-10-12(16-2)5-4-6-12/h3,8-9,13H,1,4-7,10H2,2H3. The molecule has 0 spiro atoms. The molecule has 4 nitrogen and oxygen atoms in total. The Hall–Kier alpha value is -1.13. The van der Waals surface area contributed by atoms with Crippen molar-refractivity contribution in [3.63, 3.8) is 0 Å². The Bertz CT molecular complexity index is 349. The molecule has 0 atom stereocenters. The molecule has 0 aromatic carbocycles. The lowest BCUT2D eigenvalue weighted by Gasteiger charge is -2.40. The molecule has 1 aromatic heterocycles. The van der Waals surface area contributed by atoms with E-state index in [0.717, 1.165) is 13.1 Å². The van der Waals surface area contributed by atoms with E-state index in [4.69, 9.17) is 4.74 Å². The third-order valence-electron chi connectivity index (χ3n) is 3.32. The number of methoxy groups -OCH3 is 1. The molecule has 1 aliphatic rings. The molecular formula is C12H19N3O. The van der Waals surface area contributed by atoms with Gasteiger partial charge in [-0.15, -0.1) is 0 Å². The lowest BCUT2D eigenvalue weighted by molar-refractivity contribution is -0.0695. The van der Waals surface area contributed by atoms with Gasteiger partial charge < -0.3 is 10.1 Å². The fourth-order valence-corrected chi connectivity index (χ4v) is 2.03. The molecule has 0 amide bonds. The second-order valence-corrected chi connectivity index (χ2v) is 4.36. The van der Waals surface area contributed by atoms with Crippen molar-refractivity contribution in [2.24, 2.45) is 0 Å². The van der Waals surface area contributed by atoms with Crippen molar-refractivity contribution in [2.75, 3.05) is 13.7 Å². The van der Waals surface area contributed by atoms with Crippen LogP contribution < -0.4 is 5.32 Å². The second kappa shape index (κ2) is 4.80. The van der Waals surface area contributed by atoms with Crippen molar-refractivity contribution in [1.29, 1.82) is 0 Å². The second-order valence-electron chi connectivity index (χ2n) is 4.36. The van der Waals surface area contributed by atoms with Gasteiger partial charge in [0.25, 0.3) is 0 Å². The highest BCUT2D eigenvalue weighted by molar-refractivity contribution is 5.17. The smallest absolute Gasteiger partial charge is 0.0802 e. The van der Waals surface area contributed by atoms with Gasteiger partial charge in [-0.05, 0) is 19.3 Å². The maximum absolute atomic E-state index is 5.54. The van der Waals surface area contributed by atoms with Crippen LogP contribution in [0.1, 0.15) is 24.8 Å². The van der Waals surface area contributed by atoms with E-state index in [9.17, 15) is 0 Å². The van der Waals surface area contributed by atoms with E-state index in [-0.39, 0.29) is 5.60 Å². The van der Waals surface area contributed by atoms with Gasteiger partial charge in [0, 0.05) is 38.2 Å². The molecule has 0 radical (unpaired) electrons. The normalized spacial score (nSPS) is 18.1. The highest BCUT2D eigenvalue weighted by Crippen LogP contribution is 2.34. The molecule has 0 aliphatic heterocycles. The van der Waals surface area contributed by atoms with E-state index in [1.807, 2.05) is 12.4 Å². The number of hydrogen-bond acceptors (Lipinski definition) is 3. The van der Waals surface area contributed by atoms with Gasteiger partial charge in [-0.1, -0.05) is 6.58 Å². The highest BCUT2D eigenvalue weighted by atomic mass is 16.5. The third-order valence-corrected chi connectivity index (χ3v) is 3.32. The first-order valence-electron chi connectivity index (χ1n) is 5.69. The fraction of sp³-hybridized carbons (Fsp3) is 0.583. The summed E-state index contributed by atoms with van der Waals surface area (Å²) in [7, 11) is 1.80. The van der Waals surface area contributed by atoms with Crippen LogP contribution in [-0.4, -0.2) is 29.0 Å². The summed E-state index contributed by atoms with van der Waals surface area (Å²) < 4.78 is 7.25. The Balaban J connectivity index is 1.77. The van der Waals surface area contributed by atoms with E-state index in [1.54, 1.807) is 18.0 Å². The van der Waals surface area contributed by atoms with Gasteiger partial charge in [-0.2, -0.15) is 5.10 Å². The molecule has 16 heavy (non-hydrogen) atoms. The Morgan fingerprint density at radius 3 is 3.00 bits per heavy atom. The molecule has 2 rings (SSSR count). The van der Waals surface area contributed by atoms with E-state index in [1.165, 1.54) is 24.8 Å². The van der Waals surface area contributed by atoms with Gasteiger partial charge >= 0.3 is 0 Å². The first-order chi connectivity index (χ1) is 7.78. The number of hydrogen-bond donors (Lipinski definition) is 1. The number of rotatable bonds is 6. The fourth-order valence-electron chi connectivity index (χ4n) is 2.03. The number of ether oxygens (including phenoxy) is 1. The molecule has 0 saturated heterocycles. The predicted molar refractivity (Wildman–Crippen MR) is 63.9 cm³/mol. The summed E-state index contributed by atoms with van der Waals surface area (Å²) in [4.78, 5) is 0. The van der Waals surface area contributed by atoms with Crippen LogP contribution in [0.3, 0.4) is 0 Å². The first kappa shape index (κ1) is 11.4. The minimum atomic E-state index is 0.0917. The maximum atomic E-state index is 5.54. The van der Waals surface area contributed by atoms with Gasteiger partial charge in [-0.3, -0.25) is 0 Å². The van der Waals surface area contributed by atoms with Crippen LogP contribution >= 0.6 is 0 Å². The molecule has 1 saturated carbocycles. The highest BCUT2D eigenvalue weighted by Gasteiger charge is 2.36. The Kier molecular flexibility index (Phi) is 3.41. The third kappa shape index (κ3) is 2.33. The summed E-state index contributed by atoms with van der Waals surface area (Å²) in [6.07, 6.45) is 9.13. The van der Waals surface area contributed by atoms with E-state index in [2.05, 4.69) is 17.0 Å². The van der Waals surface area contributed by atoms with Crippen molar-refractivity contribution >= 4 is 6.20 Å². The van der Waals surface area contributed by atoms with Crippen LogP contribution in [0.25, 0.3) is 6.20 Å². The molecule has 1 heterocycles. The van der Waals surface area contributed by atoms with Crippen LogP contribution in [0, 0.1) is 0 Å². The van der Waals surface area contributed by atoms with Crippen LogP contribution in [0.2, 0.25) is 0 Å². The molecule has 88 valence electrons. The van der Waals surface area contributed by atoms with Crippen LogP contribution in [0.5, 0.6) is 0 Å². The molecule has 0 bridgehead atoms. The van der Waals surface area contributed by atoms with Crippen LogP contribution in [-0.2, 0) is 11.3 Å². The average Bonchev–Trinajstić information content (AvgIpc) is 2.70. The van der Waals surface area contributed by atoms with E-state index >= 15 is 0 Å². The lowest BCUT2D eigenvalue weighted by atomic mass is 9.80. The zero-order valence-electron chi connectivity index (χ0n) is 9.78. The van der Waals surface area contributed by atoms with Gasteiger partial charge in [0.05, 0.1) is 11.8 Å². The first-order valence-corrected chi connectivity index (χ1v) is 5.69. The Morgan fingerprint density at radius 1 is 1.69 bits per heavy atom. The predicted octanol–water partition coefficient (Wildman–Crippen LogP) is 1.64. The van der Waals surface area contributed by atoms with Crippen molar-refractivity contribution in [3.05, 3.63) is 24.5 Å². The Labute approximate surface area is 96.3 Å². The topological polar surface area (TPSA) is 39.1 Å². The minimum Gasteiger partial charge on any atom is -0.377 e. The van der Waals surface area contributed by atoms with E-state index in [0.29, 0.717) is 0 Å². The molecule has 1 fully saturated rings. The van der Waals surface area contributed by atoms with Crippen molar-refractivity contribution in [1.82, 2.24) is 15.1 Å². The SMILES string of the molecule is C=Cn1cc(CNCC2(OC)CCC2)cn1. The van der Waals surface area contributed by atoms with Gasteiger partial charge in [0.2, 0.25) is 0 Å². The molecule has 1 aliphatic carbocycles. The largest absolute Gasteiger partial charge is 0.377 e. The maximum Gasteiger partial charge on any atom is 0.0802 e. The summed E-state index contributed by atoms with van der Waals surface area (Å²) in [6.45, 7) is 5.41. The minimum absolute atomic E-state index is 0.0917. The summed E-state index contributed by atoms with van der Waals surface area (Å²) in [5.41, 5.74) is 1.26. The van der Waals surface area contributed by atoms with Gasteiger partial charge in [0.1, 0.15) is 0 Å². The summed E-state index contributed by atoms with van der Waals surface area (Å²) >= 11 is 0. The zero-order chi connectivity index (χ0) is 11.4. The molecule has 1 N–H and O–H groups in total. The molecular weight excluding hydrogens is 202 g/mol. The van der Waals surface area contributed by atoms with E-state index < -0.39 is 0 Å². The van der Waals surface area contributed by atoms with Crippen molar-refractivity contribution < 1.29 is 4.74 Å². The summed E-state index contributed by atoms with van der Waals surface area (Å²) in [5.74, 6) is 0. The van der Waals surface area contributed by atoms with Crippen LogP contribution in [0.15, 0.2) is 19.0 Å². The summed E-state index contributed by atoms with van der Waals surface area (Å²) in [5, 5.41) is 7.55. The summed E-state index contributed by atoms with van der Waals surface area (Å²) in [6, 6.07) is 0. The van der Waals surface area contributed by atoms with Crippen molar-refractivity contribution in [2.45, 2.75) is 31.4 Å². The molecule has 4 heteroatoms. The lowest BCUT2D eigenvalue weighted by Crippen LogP contribution is -2.47. The zero-order valence-corrected chi connectivity index (χ0v) is 9.78. The van der Waals surface area contributed by atoms with Gasteiger partial charge in [-0.25, -0.2) is 4.68 Å². The molecule has 1 aromatic rings. The Morgan fingerprint density at radius 2 is 2.50 bits per heavy atom.